The molecule has 2 rings (SSSR count). The highest BCUT2D eigenvalue weighted by atomic mass is 19.1. The quantitative estimate of drug-likeness (QED) is 0.721. The molecule has 0 N–H and O–H groups in total. The lowest BCUT2D eigenvalue weighted by Gasteiger charge is -2.07. The van der Waals surface area contributed by atoms with Crippen LogP contribution in [0.3, 0.4) is 0 Å². The van der Waals surface area contributed by atoms with E-state index in [0.29, 0.717) is 11.8 Å². The van der Waals surface area contributed by atoms with Crippen molar-refractivity contribution in [1.82, 2.24) is 4.98 Å². The van der Waals surface area contributed by atoms with Crippen LogP contribution in [0, 0.1) is 12.7 Å². The fourth-order valence-electron chi connectivity index (χ4n) is 1.66. The third-order valence-corrected chi connectivity index (χ3v) is 2.47. The van der Waals surface area contributed by atoms with Crippen LogP contribution in [0.1, 0.15) is 16.1 Å². The van der Waals surface area contributed by atoms with Crippen LogP contribution in [-0.2, 0) is 0 Å². The van der Waals surface area contributed by atoms with Crippen LogP contribution >= 0.6 is 0 Å². The topological polar surface area (TPSA) is 30.0 Å². The molecule has 0 aliphatic heterocycles. The molecule has 0 fully saturated rings. The maximum Gasteiger partial charge on any atom is 0.153 e. The van der Waals surface area contributed by atoms with Gasteiger partial charge >= 0.3 is 0 Å². The molecule has 1 heterocycles. The van der Waals surface area contributed by atoms with Crippen molar-refractivity contribution >= 4 is 6.29 Å². The summed E-state index contributed by atoms with van der Waals surface area (Å²) in [5, 5.41) is 0. The zero-order valence-corrected chi connectivity index (χ0v) is 8.77. The lowest BCUT2D eigenvalue weighted by Crippen LogP contribution is -1.95. The highest BCUT2D eigenvalue weighted by Gasteiger charge is 2.10. The van der Waals surface area contributed by atoms with E-state index in [0.717, 1.165) is 11.3 Å². The number of aromatic nitrogens is 1. The minimum absolute atomic E-state index is 0.0820. The minimum atomic E-state index is -0.504. The maximum atomic E-state index is 13.4. The third-order valence-electron chi connectivity index (χ3n) is 2.47. The van der Waals surface area contributed by atoms with E-state index < -0.39 is 5.82 Å². The Bertz CT molecular complexity index is 537. The van der Waals surface area contributed by atoms with Crippen LogP contribution in [0.15, 0.2) is 36.5 Å². The Balaban J connectivity index is 2.69. The Morgan fingerprint density at radius 3 is 2.62 bits per heavy atom. The molecule has 0 atom stereocenters. The summed E-state index contributed by atoms with van der Waals surface area (Å²) in [6.45, 7) is 1.83. The predicted molar refractivity (Wildman–Crippen MR) is 59.8 cm³/mol. The Morgan fingerprint density at radius 2 is 1.94 bits per heavy atom. The number of hydrogen-bond donors (Lipinski definition) is 0. The highest BCUT2D eigenvalue weighted by Crippen LogP contribution is 2.26. The summed E-state index contributed by atoms with van der Waals surface area (Å²) in [5.41, 5.74) is 2.22. The van der Waals surface area contributed by atoms with Crippen LogP contribution in [0.25, 0.3) is 11.1 Å². The third kappa shape index (κ3) is 1.72. The van der Waals surface area contributed by atoms with Crippen LogP contribution in [0.5, 0.6) is 0 Å². The van der Waals surface area contributed by atoms with Crippen molar-refractivity contribution in [1.29, 1.82) is 0 Å². The van der Waals surface area contributed by atoms with Crippen LogP contribution in [0.2, 0.25) is 0 Å². The van der Waals surface area contributed by atoms with Crippen molar-refractivity contribution < 1.29 is 9.18 Å². The standard InChI is InChI=1S/C13H10FNO/c1-9-10(5-3-7-15-9)11-4-2-6-13(14)12(11)8-16/h2-8H,1H3. The van der Waals surface area contributed by atoms with E-state index in [4.69, 9.17) is 0 Å². The van der Waals surface area contributed by atoms with E-state index >= 15 is 0 Å². The van der Waals surface area contributed by atoms with Gasteiger partial charge in [0.15, 0.2) is 6.29 Å². The normalized spacial score (nSPS) is 10.1. The van der Waals surface area contributed by atoms with Crippen molar-refractivity contribution in [2.75, 3.05) is 0 Å². The van der Waals surface area contributed by atoms with E-state index in [9.17, 15) is 9.18 Å². The molecule has 0 bridgehead atoms. The number of aryl methyl sites for hydroxylation is 1. The van der Waals surface area contributed by atoms with Crippen molar-refractivity contribution in [2.45, 2.75) is 6.92 Å². The Hall–Kier alpha value is -2.03. The Kier molecular flexibility index (Phi) is 2.77. The van der Waals surface area contributed by atoms with E-state index in [2.05, 4.69) is 4.98 Å². The molecule has 80 valence electrons. The number of rotatable bonds is 2. The average Bonchev–Trinajstić information content (AvgIpc) is 2.29. The molecule has 16 heavy (non-hydrogen) atoms. The van der Waals surface area contributed by atoms with Gasteiger partial charge in [0.2, 0.25) is 0 Å². The molecule has 0 amide bonds. The molecule has 2 aromatic rings. The SMILES string of the molecule is Cc1ncccc1-c1cccc(F)c1C=O. The number of carbonyl (C=O) groups excluding carboxylic acids is 1. The molecule has 2 nitrogen and oxygen atoms in total. The Labute approximate surface area is 92.8 Å². The Morgan fingerprint density at radius 1 is 1.19 bits per heavy atom. The first kappa shape index (κ1) is 10.5. The fourth-order valence-corrected chi connectivity index (χ4v) is 1.66. The van der Waals surface area contributed by atoms with E-state index in [1.54, 1.807) is 24.4 Å². The molecule has 0 unspecified atom stereocenters. The van der Waals surface area contributed by atoms with E-state index in [1.807, 2.05) is 13.0 Å². The summed E-state index contributed by atoms with van der Waals surface area (Å²) in [6, 6.07) is 8.17. The molecule has 1 aromatic heterocycles. The van der Waals surface area contributed by atoms with Crippen molar-refractivity contribution in [3.8, 4) is 11.1 Å². The lowest BCUT2D eigenvalue weighted by atomic mass is 9.99. The molecule has 0 aliphatic rings. The second kappa shape index (κ2) is 4.23. The molecular weight excluding hydrogens is 205 g/mol. The number of halogens is 1. The van der Waals surface area contributed by atoms with E-state index in [-0.39, 0.29) is 5.56 Å². The van der Waals surface area contributed by atoms with Gasteiger partial charge in [0, 0.05) is 17.5 Å². The summed E-state index contributed by atoms with van der Waals surface area (Å²) in [5.74, 6) is -0.504. The summed E-state index contributed by atoms with van der Waals surface area (Å²) in [6.07, 6.45) is 2.20. The van der Waals surface area contributed by atoms with Gasteiger partial charge in [-0.15, -0.1) is 0 Å². The number of nitrogens with zero attached hydrogens (tertiary/aromatic N) is 1. The number of aldehydes is 1. The molecule has 0 radical (unpaired) electrons. The first-order chi connectivity index (χ1) is 7.74. The smallest absolute Gasteiger partial charge is 0.153 e. The van der Waals surface area contributed by atoms with Gasteiger partial charge in [0.1, 0.15) is 5.82 Å². The predicted octanol–water partition coefficient (Wildman–Crippen LogP) is 3.01. The van der Waals surface area contributed by atoms with Crippen LogP contribution < -0.4 is 0 Å². The number of benzene rings is 1. The van der Waals surface area contributed by atoms with Gasteiger partial charge < -0.3 is 0 Å². The molecule has 3 heteroatoms. The summed E-state index contributed by atoms with van der Waals surface area (Å²) < 4.78 is 13.4. The van der Waals surface area contributed by atoms with Gasteiger partial charge in [-0.1, -0.05) is 18.2 Å². The zero-order chi connectivity index (χ0) is 11.5. The number of hydrogen-bond acceptors (Lipinski definition) is 2. The second-order valence-corrected chi connectivity index (χ2v) is 3.46. The molecule has 1 aromatic carbocycles. The van der Waals surface area contributed by atoms with E-state index in [1.165, 1.54) is 6.07 Å². The van der Waals surface area contributed by atoms with Crippen molar-refractivity contribution in [3.05, 3.63) is 53.6 Å². The first-order valence-electron chi connectivity index (χ1n) is 4.89. The maximum absolute atomic E-state index is 13.4. The molecule has 0 spiro atoms. The summed E-state index contributed by atoms with van der Waals surface area (Å²) in [7, 11) is 0. The van der Waals surface area contributed by atoms with Gasteiger partial charge in [-0.05, 0) is 24.6 Å². The molecular formula is C13H10FNO. The van der Waals surface area contributed by atoms with Gasteiger partial charge in [0.25, 0.3) is 0 Å². The summed E-state index contributed by atoms with van der Waals surface area (Å²) >= 11 is 0. The summed E-state index contributed by atoms with van der Waals surface area (Å²) in [4.78, 5) is 15.0. The number of pyridine rings is 1. The lowest BCUT2D eigenvalue weighted by molar-refractivity contribution is 0.112. The van der Waals surface area contributed by atoms with Gasteiger partial charge in [-0.25, -0.2) is 4.39 Å². The van der Waals surface area contributed by atoms with Gasteiger partial charge in [-0.3, -0.25) is 9.78 Å². The average molecular weight is 215 g/mol. The molecule has 0 saturated heterocycles. The number of carbonyl (C=O) groups is 1. The van der Waals surface area contributed by atoms with Gasteiger partial charge in [0.05, 0.1) is 5.56 Å². The van der Waals surface area contributed by atoms with Crippen molar-refractivity contribution in [3.63, 3.8) is 0 Å². The fraction of sp³-hybridized carbons (Fsp3) is 0.0769. The molecule has 0 saturated carbocycles. The van der Waals surface area contributed by atoms with Gasteiger partial charge in [-0.2, -0.15) is 0 Å². The van der Waals surface area contributed by atoms with Crippen LogP contribution in [-0.4, -0.2) is 11.3 Å². The minimum Gasteiger partial charge on any atom is -0.298 e. The largest absolute Gasteiger partial charge is 0.298 e. The first-order valence-corrected chi connectivity index (χ1v) is 4.89. The molecule has 0 aliphatic carbocycles. The second-order valence-electron chi connectivity index (χ2n) is 3.46. The highest BCUT2D eigenvalue weighted by molar-refractivity contribution is 5.88. The van der Waals surface area contributed by atoms with Crippen LogP contribution in [0.4, 0.5) is 4.39 Å². The zero-order valence-electron chi connectivity index (χ0n) is 8.77. The van der Waals surface area contributed by atoms with Crippen molar-refractivity contribution in [2.24, 2.45) is 0 Å². The monoisotopic (exact) mass is 215 g/mol.